The fraction of sp³-hybridized carbons (Fsp3) is 0.818. The lowest BCUT2D eigenvalue weighted by molar-refractivity contribution is -0.129. The van der Waals surface area contributed by atoms with Gasteiger partial charge in [0.2, 0.25) is 5.91 Å². The maximum atomic E-state index is 12.0. The average Bonchev–Trinajstić information content (AvgIpc) is 2.21. The average molecular weight is 227 g/mol. The van der Waals surface area contributed by atoms with E-state index in [-0.39, 0.29) is 17.3 Å². The van der Waals surface area contributed by atoms with E-state index in [0.717, 1.165) is 25.7 Å². The molecular weight excluding hydrogens is 206 g/mol. The van der Waals surface area contributed by atoms with Crippen molar-refractivity contribution in [2.75, 3.05) is 0 Å². The van der Waals surface area contributed by atoms with Gasteiger partial charge in [0.15, 0.2) is 5.84 Å². The molecule has 16 heavy (non-hydrogen) atoms. The molecule has 5 heteroatoms. The Morgan fingerprint density at radius 2 is 2.12 bits per heavy atom. The predicted octanol–water partition coefficient (Wildman–Crippen LogP) is 1.21. The van der Waals surface area contributed by atoms with Gasteiger partial charge in [-0.25, -0.2) is 0 Å². The van der Waals surface area contributed by atoms with E-state index in [1.165, 1.54) is 0 Å². The van der Waals surface area contributed by atoms with Gasteiger partial charge >= 0.3 is 0 Å². The summed E-state index contributed by atoms with van der Waals surface area (Å²) >= 11 is 0. The van der Waals surface area contributed by atoms with Crippen LogP contribution in [0.1, 0.15) is 46.5 Å². The summed E-state index contributed by atoms with van der Waals surface area (Å²) in [6, 6.07) is 0. The van der Waals surface area contributed by atoms with E-state index in [4.69, 9.17) is 10.9 Å². The molecule has 0 unspecified atom stereocenters. The standard InChI is InChI=1S/C11H21N3O2/c1-4-11(6-5-7-11)13-9(15)10(2,3)8(12)14-16/h16H,4-7H2,1-3H3,(H2,12,14)(H,13,15). The molecule has 4 N–H and O–H groups in total. The summed E-state index contributed by atoms with van der Waals surface area (Å²) in [5.41, 5.74) is 4.48. The second-order valence-electron chi connectivity index (χ2n) is 5.05. The van der Waals surface area contributed by atoms with Gasteiger partial charge in [0.25, 0.3) is 0 Å². The van der Waals surface area contributed by atoms with E-state index in [1.807, 2.05) is 0 Å². The molecule has 0 aliphatic heterocycles. The van der Waals surface area contributed by atoms with Crippen molar-refractivity contribution in [3.05, 3.63) is 0 Å². The molecule has 1 aliphatic rings. The van der Waals surface area contributed by atoms with Gasteiger partial charge in [-0.05, 0) is 39.5 Å². The number of nitrogens with zero attached hydrogens (tertiary/aromatic N) is 1. The SMILES string of the molecule is CCC1(NC(=O)C(C)(C)C(N)=NO)CCC1. The summed E-state index contributed by atoms with van der Waals surface area (Å²) in [5, 5.41) is 14.6. The van der Waals surface area contributed by atoms with Crippen molar-refractivity contribution in [2.24, 2.45) is 16.3 Å². The molecule has 0 aromatic heterocycles. The van der Waals surface area contributed by atoms with Crippen molar-refractivity contribution in [3.63, 3.8) is 0 Å². The molecule has 92 valence electrons. The molecule has 0 atom stereocenters. The quantitative estimate of drug-likeness (QED) is 0.292. The number of carbonyl (C=O) groups excluding carboxylic acids is 1. The minimum absolute atomic E-state index is 0.0597. The largest absolute Gasteiger partial charge is 0.409 e. The topological polar surface area (TPSA) is 87.7 Å². The van der Waals surface area contributed by atoms with Gasteiger partial charge in [-0.1, -0.05) is 12.1 Å². The molecule has 1 fully saturated rings. The van der Waals surface area contributed by atoms with Crippen molar-refractivity contribution in [2.45, 2.75) is 52.0 Å². The van der Waals surface area contributed by atoms with Crippen LogP contribution in [0.3, 0.4) is 0 Å². The number of rotatable bonds is 4. The van der Waals surface area contributed by atoms with Crippen molar-refractivity contribution in [1.82, 2.24) is 5.32 Å². The lowest BCUT2D eigenvalue weighted by Crippen LogP contribution is -2.58. The first-order chi connectivity index (χ1) is 7.38. The summed E-state index contributed by atoms with van der Waals surface area (Å²) in [6.07, 6.45) is 4.10. The minimum atomic E-state index is -0.966. The highest BCUT2D eigenvalue weighted by molar-refractivity contribution is 6.06. The minimum Gasteiger partial charge on any atom is -0.409 e. The Kier molecular flexibility index (Phi) is 3.45. The highest BCUT2D eigenvalue weighted by Gasteiger charge is 2.41. The van der Waals surface area contributed by atoms with Crippen molar-refractivity contribution < 1.29 is 10.0 Å². The fourth-order valence-electron chi connectivity index (χ4n) is 1.81. The number of carbonyl (C=O) groups is 1. The van der Waals surface area contributed by atoms with Crippen LogP contribution in [0.5, 0.6) is 0 Å². The van der Waals surface area contributed by atoms with Crippen LogP contribution >= 0.6 is 0 Å². The zero-order chi connectivity index (χ0) is 12.4. The molecule has 1 rings (SSSR count). The van der Waals surface area contributed by atoms with E-state index in [1.54, 1.807) is 13.8 Å². The summed E-state index contributed by atoms with van der Waals surface area (Å²) in [4.78, 5) is 12.0. The fourth-order valence-corrected chi connectivity index (χ4v) is 1.81. The molecular formula is C11H21N3O2. The third-order valence-electron chi connectivity index (χ3n) is 3.68. The van der Waals surface area contributed by atoms with Gasteiger partial charge in [-0.15, -0.1) is 0 Å². The smallest absolute Gasteiger partial charge is 0.233 e. The molecule has 1 amide bonds. The summed E-state index contributed by atoms with van der Waals surface area (Å²) in [7, 11) is 0. The summed E-state index contributed by atoms with van der Waals surface area (Å²) in [6.45, 7) is 5.37. The Bertz CT molecular complexity index is 301. The number of hydrogen-bond acceptors (Lipinski definition) is 3. The van der Waals surface area contributed by atoms with Crippen LogP contribution in [-0.2, 0) is 4.79 Å². The molecule has 0 bridgehead atoms. The number of amidine groups is 1. The summed E-state index contributed by atoms with van der Waals surface area (Å²) in [5.74, 6) is -0.236. The zero-order valence-electron chi connectivity index (χ0n) is 10.2. The first-order valence-electron chi connectivity index (χ1n) is 5.68. The Balaban J connectivity index is 2.71. The maximum absolute atomic E-state index is 12.0. The number of hydrogen-bond donors (Lipinski definition) is 3. The van der Waals surface area contributed by atoms with Gasteiger partial charge in [0.1, 0.15) is 5.41 Å². The molecule has 0 saturated heterocycles. The Morgan fingerprint density at radius 1 is 1.56 bits per heavy atom. The molecule has 5 nitrogen and oxygen atoms in total. The van der Waals surface area contributed by atoms with Crippen LogP contribution in [-0.4, -0.2) is 22.5 Å². The molecule has 0 spiro atoms. The van der Waals surface area contributed by atoms with E-state index in [2.05, 4.69) is 17.4 Å². The number of amides is 1. The second-order valence-corrected chi connectivity index (χ2v) is 5.05. The van der Waals surface area contributed by atoms with Crippen LogP contribution in [0.4, 0.5) is 0 Å². The third-order valence-corrected chi connectivity index (χ3v) is 3.68. The molecule has 1 saturated carbocycles. The van der Waals surface area contributed by atoms with Crippen molar-refractivity contribution in [3.8, 4) is 0 Å². The lowest BCUT2D eigenvalue weighted by Gasteiger charge is -2.43. The van der Waals surface area contributed by atoms with Gasteiger partial charge in [-0.2, -0.15) is 0 Å². The van der Waals surface area contributed by atoms with Crippen molar-refractivity contribution in [1.29, 1.82) is 0 Å². The van der Waals surface area contributed by atoms with Gasteiger partial charge in [-0.3, -0.25) is 4.79 Å². The normalized spacial score (nSPS) is 20.1. The predicted molar refractivity (Wildman–Crippen MR) is 62.2 cm³/mol. The van der Waals surface area contributed by atoms with Crippen LogP contribution in [0, 0.1) is 5.41 Å². The molecule has 1 aliphatic carbocycles. The highest BCUT2D eigenvalue weighted by Crippen LogP contribution is 2.35. The second kappa shape index (κ2) is 4.31. The number of nitrogens with two attached hydrogens (primary N) is 1. The van der Waals surface area contributed by atoms with Gasteiger partial charge in [0.05, 0.1) is 0 Å². The molecule has 0 aromatic carbocycles. The Hall–Kier alpha value is -1.26. The molecule has 0 radical (unpaired) electrons. The van der Waals surface area contributed by atoms with E-state index < -0.39 is 5.41 Å². The monoisotopic (exact) mass is 227 g/mol. The van der Waals surface area contributed by atoms with Gasteiger partial charge in [0, 0.05) is 5.54 Å². The zero-order valence-corrected chi connectivity index (χ0v) is 10.2. The van der Waals surface area contributed by atoms with E-state index in [9.17, 15) is 4.79 Å². The van der Waals surface area contributed by atoms with Crippen LogP contribution in [0.15, 0.2) is 5.16 Å². The van der Waals surface area contributed by atoms with Crippen LogP contribution < -0.4 is 11.1 Å². The van der Waals surface area contributed by atoms with E-state index >= 15 is 0 Å². The number of oxime groups is 1. The third kappa shape index (κ3) is 2.13. The molecule has 0 heterocycles. The highest BCUT2D eigenvalue weighted by atomic mass is 16.4. The number of nitrogens with one attached hydrogen (secondary N) is 1. The Morgan fingerprint density at radius 3 is 2.44 bits per heavy atom. The first kappa shape index (κ1) is 12.8. The van der Waals surface area contributed by atoms with Crippen LogP contribution in [0.2, 0.25) is 0 Å². The van der Waals surface area contributed by atoms with Gasteiger partial charge < -0.3 is 16.3 Å². The first-order valence-corrected chi connectivity index (χ1v) is 5.68. The Labute approximate surface area is 96.1 Å². The lowest BCUT2D eigenvalue weighted by atomic mass is 9.74. The summed E-state index contributed by atoms with van der Waals surface area (Å²) < 4.78 is 0. The maximum Gasteiger partial charge on any atom is 0.233 e. The van der Waals surface area contributed by atoms with Crippen molar-refractivity contribution >= 4 is 11.7 Å². The van der Waals surface area contributed by atoms with E-state index in [0.29, 0.717) is 0 Å². The molecule has 0 aromatic rings. The van der Waals surface area contributed by atoms with Crippen LogP contribution in [0.25, 0.3) is 0 Å².